The summed E-state index contributed by atoms with van der Waals surface area (Å²) >= 11 is 0. The molecule has 1 aromatic heterocycles. The number of aromatic nitrogens is 2. The molecule has 0 aliphatic rings. The molecule has 0 amide bonds. The number of imidazole rings is 1. The summed E-state index contributed by atoms with van der Waals surface area (Å²) in [6, 6.07) is 0. The molecule has 0 fully saturated rings. The molecule has 0 bridgehead atoms. The van der Waals surface area contributed by atoms with Crippen molar-refractivity contribution < 1.29 is 4.79 Å². The van der Waals surface area contributed by atoms with Gasteiger partial charge in [-0.15, -0.1) is 0 Å². The Balaban J connectivity index is 3.02. The van der Waals surface area contributed by atoms with Crippen molar-refractivity contribution in [3.05, 3.63) is 24.8 Å². The zero-order valence-electron chi connectivity index (χ0n) is 9.11. The van der Waals surface area contributed by atoms with Gasteiger partial charge in [0.2, 0.25) is 0 Å². The molecule has 0 spiro atoms. The molecule has 1 rings (SSSR count). The predicted octanol–water partition coefficient (Wildman–Crippen LogP) is 2.36. The second-order valence-corrected chi connectivity index (χ2v) is 4.22. The van der Waals surface area contributed by atoms with Gasteiger partial charge in [-0.3, -0.25) is 4.79 Å². The number of ketones is 1. The monoisotopic (exact) mass is 192 g/mol. The molecule has 0 N–H and O–H groups in total. The van der Waals surface area contributed by atoms with Gasteiger partial charge in [-0.1, -0.05) is 26.8 Å². The molecule has 0 atom stereocenters. The minimum absolute atomic E-state index is 0.123. The smallest absolute Gasteiger partial charge is 0.184 e. The molecule has 14 heavy (non-hydrogen) atoms. The Labute approximate surface area is 84.5 Å². The first kappa shape index (κ1) is 10.7. The molecule has 3 heteroatoms. The number of Topliss-reactive ketones (excluding diaryl/α,β-unsaturated/α-hetero) is 1. The molecule has 0 saturated carbocycles. The van der Waals surface area contributed by atoms with E-state index >= 15 is 0 Å². The third kappa shape index (κ3) is 2.10. The van der Waals surface area contributed by atoms with Gasteiger partial charge in [0.05, 0.1) is 12.0 Å². The van der Waals surface area contributed by atoms with Gasteiger partial charge in [-0.05, 0) is 6.92 Å². The summed E-state index contributed by atoms with van der Waals surface area (Å²) in [5.41, 5.74) is 0.321. The summed E-state index contributed by atoms with van der Waals surface area (Å²) in [4.78, 5) is 15.9. The molecule has 3 nitrogen and oxygen atoms in total. The molecule has 1 aromatic rings. The number of hydrogen-bond acceptors (Lipinski definition) is 2. The predicted molar refractivity (Wildman–Crippen MR) is 56.6 cm³/mol. The van der Waals surface area contributed by atoms with Gasteiger partial charge >= 0.3 is 0 Å². The van der Waals surface area contributed by atoms with E-state index in [0.29, 0.717) is 5.70 Å². The Morgan fingerprint density at radius 1 is 1.43 bits per heavy atom. The zero-order chi connectivity index (χ0) is 10.8. The minimum Gasteiger partial charge on any atom is -0.303 e. The summed E-state index contributed by atoms with van der Waals surface area (Å²) < 4.78 is 1.74. The first-order chi connectivity index (χ1) is 6.46. The third-order valence-electron chi connectivity index (χ3n) is 1.97. The van der Waals surface area contributed by atoms with Crippen LogP contribution in [0.1, 0.15) is 27.7 Å². The van der Waals surface area contributed by atoms with E-state index in [-0.39, 0.29) is 11.2 Å². The maximum absolute atomic E-state index is 12.0. The van der Waals surface area contributed by atoms with Crippen LogP contribution < -0.4 is 0 Å². The highest BCUT2D eigenvalue weighted by molar-refractivity contribution is 6.17. The SMILES string of the molecule is CC=C(C(=O)C(C)(C)C)n1ccnc1. The first-order valence-electron chi connectivity index (χ1n) is 4.66. The standard InChI is InChI=1S/C11H16N2O/c1-5-9(10(14)11(2,3)4)13-7-6-12-8-13/h5-8H,1-4H3. The van der Waals surface area contributed by atoms with E-state index in [4.69, 9.17) is 0 Å². The summed E-state index contributed by atoms with van der Waals surface area (Å²) in [6.07, 6.45) is 6.90. The van der Waals surface area contributed by atoms with Crippen LogP contribution in [0.5, 0.6) is 0 Å². The second-order valence-electron chi connectivity index (χ2n) is 4.22. The molecular weight excluding hydrogens is 176 g/mol. The van der Waals surface area contributed by atoms with Crippen molar-refractivity contribution in [1.82, 2.24) is 9.55 Å². The van der Waals surface area contributed by atoms with Gasteiger partial charge in [0.25, 0.3) is 0 Å². The molecule has 0 aliphatic heterocycles. The summed E-state index contributed by atoms with van der Waals surface area (Å²) in [5.74, 6) is 0.123. The van der Waals surface area contributed by atoms with Crippen LogP contribution in [-0.4, -0.2) is 15.3 Å². The van der Waals surface area contributed by atoms with Crippen LogP contribution in [0.3, 0.4) is 0 Å². The van der Waals surface area contributed by atoms with E-state index < -0.39 is 0 Å². The van der Waals surface area contributed by atoms with Crippen molar-refractivity contribution in [2.45, 2.75) is 27.7 Å². The Morgan fingerprint density at radius 3 is 2.43 bits per heavy atom. The summed E-state index contributed by atoms with van der Waals surface area (Å²) in [5, 5.41) is 0. The van der Waals surface area contributed by atoms with E-state index in [0.717, 1.165) is 0 Å². The van der Waals surface area contributed by atoms with Gasteiger partial charge in [-0.2, -0.15) is 0 Å². The van der Waals surface area contributed by atoms with Crippen molar-refractivity contribution in [3.8, 4) is 0 Å². The highest BCUT2D eigenvalue weighted by atomic mass is 16.1. The topological polar surface area (TPSA) is 34.9 Å². The number of rotatable bonds is 2. The number of nitrogens with zero attached hydrogens (tertiary/aromatic N) is 2. The van der Waals surface area contributed by atoms with Crippen LogP contribution in [0.4, 0.5) is 0 Å². The van der Waals surface area contributed by atoms with Crippen LogP contribution in [0, 0.1) is 5.41 Å². The largest absolute Gasteiger partial charge is 0.303 e. The van der Waals surface area contributed by atoms with Crippen LogP contribution in [0.25, 0.3) is 5.70 Å². The molecule has 0 aliphatic carbocycles. The fourth-order valence-corrected chi connectivity index (χ4v) is 1.18. The maximum atomic E-state index is 12.0. The molecular formula is C11H16N2O. The lowest BCUT2D eigenvalue weighted by Gasteiger charge is -2.18. The van der Waals surface area contributed by atoms with E-state index in [1.54, 1.807) is 23.3 Å². The zero-order valence-corrected chi connectivity index (χ0v) is 9.11. The van der Waals surface area contributed by atoms with Crippen molar-refractivity contribution in [3.63, 3.8) is 0 Å². The van der Waals surface area contributed by atoms with Gasteiger partial charge in [0.15, 0.2) is 5.78 Å². The summed E-state index contributed by atoms with van der Waals surface area (Å²) in [7, 11) is 0. The number of carbonyl (C=O) groups is 1. The van der Waals surface area contributed by atoms with E-state index in [9.17, 15) is 4.79 Å². The number of hydrogen-bond donors (Lipinski definition) is 0. The average Bonchev–Trinajstić information content (AvgIpc) is 2.57. The van der Waals surface area contributed by atoms with Gasteiger partial charge in [0.1, 0.15) is 0 Å². The fraction of sp³-hybridized carbons (Fsp3) is 0.455. The molecule has 0 radical (unpaired) electrons. The quantitative estimate of drug-likeness (QED) is 0.674. The van der Waals surface area contributed by atoms with Crippen LogP contribution >= 0.6 is 0 Å². The average molecular weight is 192 g/mol. The van der Waals surface area contributed by atoms with E-state index in [2.05, 4.69) is 4.98 Å². The number of carbonyl (C=O) groups excluding carboxylic acids is 1. The van der Waals surface area contributed by atoms with Crippen LogP contribution in [0.15, 0.2) is 24.8 Å². The molecule has 0 saturated heterocycles. The van der Waals surface area contributed by atoms with Gasteiger partial charge in [0, 0.05) is 17.8 Å². The summed E-state index contributed by atoms with van der Waals surface area (Å²) in [6.45, 7) is 7.60. The Morgan fingerprint density at radius 2 is 2.07 bits per heavy atom. The minimum atomic E-state index is -0.355. The van der Waals surface area contributed by atoms with Crippen molar-refractivity contribution in [2.75, 3.05) is 0 Å². The number of allylic oxidation sites excluding steroid dienone is 2. The molecule has 0 aromatic carbocycles. The van der Waals surface area contributed by atoms with Gasteiger partial charge < -0.3 is 4.57 Å². The molecule has 0 unspecified atom stereocenters. The lowest BCUT2D eigenvalue weighted by atomic mass is 9.88. The normalized spacial score (nSPS) is 13.0. The Kier molecular flexibility index (Phi) is 2.89. The lowest BCUT2D eigenvalue weighted by molar-refractivity contribution is -0.120. The molecule has 1 heterocycles. The Hall–Kier alpha value is -1.38. The van der Waals surface area contributed by atoms with E-state index in [1.165, 1.54) is 0 Å². The third-order valence-corrected chi connectivity index (χ3v) is 1.97. The fourth-order valence-electron chi connectivity index (χ4n) is 1.18. The van der Waals surface area contributed by atoms with Crippen molar-refractivity contribution in [1.29, 1.82) is 0 Å². The van der Waals surface area contributed by atoms with Crippen LogP contribution in [0.2, 0.25) is 0 Å². The molecule has 76 valence electrons. The van der Waals surface area contributed by atoms with Gasteiger partial charge in [-0.25, -0.2) is 4.98 Å². The van der Waals surface area contributed by atoms with Crippen molar-refractivity contribution >= 4 is 11.5 Å². The van der Waals surface area contributed by atoms with Crippen molar-refractivity contribution in [2.24, 2.45) is 5.41 Å². The van der Waals surface area contributed by atoms with Crippen LogP contribution in [-0.2, 0) is 4.79 Å². The maximum Gasteiger partial charge on any atom is 0.184 e. The highest BCUT2D eigenvalue weighted by Gasteiger charge is 2.25. The van der Waals surface area contributed by atoms with E-state index in [1.807, 2.05) is 33.8 Å². The Bertz CT molecular complexity index is 342. The second kappa shape index (κ2) is 3.78. The highest BCUT2D eigenvalue weighted by Crippen LogP contribution is 2.22. The lowest BCUT2D eigenvalue weighted by Crippen LogP contribution is -2.23. The first-order valence-corrected chi connectivity index (χ1v) is 4.66.